The average molecular weight is 281 g/mol. The van der Waals surface area contributed by atoms with Gasteiger partial charge in [0.25, 0.3) is 0 Å². The molecule has 0 fully saturated rings. The normalized spacial score (nSPS) is 10.1. The van der Waals surface area contributed by atoms with Crippen LogP contribution < -0.4 is 0 Å². The molecule has 0 aliphatic carbocycles. The number of hydrogen-bond donors (Lipinski definition) is 0. The number of fused-ring (bicyclic) bond motifs is 1. The van der Waals surface area contributed by atoms with Crippen LogP contribution in [0.4, 0.5) is 5.69 Å². The van der Waals surface area contributed by atoms with E-state index < -0.39 is 5.97 Å². The Kier molecular flexibility index (Phi) is 3.37. The first-order valence-corrected chi connectivity index (χ1v) is 5.58. The molecule has 0 saturated carbocycles. The highest BCUT2D eigenvalue weighted by Gasteiger charge is 2.19. The number of methoxy groups -OCH3 is 1. The van der Waals surface area contributed by atoms with E-state index >= 15 is 0 Å². The third-order valence-electron chi connectivity index (χ3n) is 2.38. The summed E-state index contributed by atoms with van der Waals surface area (Å²) in [6.07, 6.45) is 0. The average Bonchev–Trinajstić information content (AvgIpc) is 2.38. The molecule has 1 aromatic carbocycles. The van der Waals surface area contributed by atoms with Gasteiger partial charge < -0.3 is 4.74 Å². The van der Waals surface area contributed by atoms with Crippen LogP contribution in [0.5, 0.6) is 0 Å². The number of carbonyl (C=O) groups excluding carboxylic acids is 1. The van der Waals surface area contributed by atoms with Crippen LogP contribution in [0.15, 0.2) is 18.2 Å². The fourth-order valence-corrected chi connectivity index (χ4v) is 2.16. The fourth-order valence-electron chi connectivity index (χ4n) is 1.53. The van der Waals surface area contributed by atoms with Crippen molar-refractivity contribution in [3.8, 4) is 0 Å². The largest absolute Gasteiger partial charge is 0.465 e. The molecule has 4 nitrogen and oxygen atoms in total. The summed E-state index contributed by atoms with van der Waals surface area (Å²) in [4.78, 5) is 18.9. The van der Waals surface area contributed by atoms with E-state index in [0.717, 1.165) is 0 Å². The molecule has 0 amide bonds. The van der Waals surface area contributed by atoms with E-state index in [2.05, 4.69) is 14.6 Å². The fraction of sp³-hybridized carbons (Fsp3) is 0.0833. The molecule has 6 heteroatoms. The molecule has 0 atom stereocenters. The molecule has 0 spiro atoms. The van der Waals surface area contributed by atoms with Gasteiger partial charge in [0.2, 0.25) is 0 Å². The first-order valence-electron chi connectivity index (χ1n) is 4.83. The Bertz CT molecular complexity index is 693. The van der Waals surface area contributed by atoms with Crippen LogP contribution in [0.3, 0.4) is 0 Å². The van der Waals surface area contributed by atoms with E-state index in [1.165, 1.54) is 7.11 Å². The van der Waals surface area contributed by atoms with Gasteiger partial charge in [-0.1, -0.05) is 29.3 Å². The summed E-state index contributed by atoms with van der Waals surface area (Å²) in [6, 6.07) is 4.79. The van der Waals surface area contributed by atoms with Gasteiger partial charge in [0.1, 0.15) is 10.7 Å². The lowest BCUT2D eigenvalue weighted by atomic mass is 10.1. The van der Waals surface area contributed by atoms with E-state index in [4.69, 9.17) is 29.8 Å². The van der Waals surface area contributed by atoms with Gasteiger partial charge in [-0.2, -0.15) is 0 Å². The molecule has 0 unspecified atom stereocenters. The molecule has 1 aromatic heterocycles. The molecule has 2 aromatic rings. The van der Waals surface area contributed by atoms with Crippen LogP contribution in [0.25, 0.3) is 15.7 Å². The lowest BCUT2D eigenvalue weighted by molar-refractivity contribution is 0.0601. The van der Waals surface area contributed by atoms with Crippen molar-refractivity contribution in [3.63, 3.8) is 0 Å². The predicted molar refractivity (Wildman–Crippen MR) is 69.4 cm³/mol. The van der Waals surface area contributed by atoms with Crippen LogP contribution in [0.1, 0.15) is 10.4 Å². The number of nitrogens with zero attached hydrogens (tertiary/aromatic N) is 2. The van der Waals surface area contributed by atoms with Gasteiger partial charge in [-0.15, -0.1) is 0 Å². The zero-order valence-corrected chi connectivity index (χ0v) is 10.7. The highest BCUT2D eigenvalue weighted by molar-refractivity contribution is 6.42. The SMILES string of the molecule is [C-]#[N+]c1ccc2nc(Cl)c(C(=O)OC)c(Cl)c2c1. The maximum absolute atomic E-state index is 11.6. The minimum atomic E-state index is -0.660. The summed E-state index contributed by atoms with van der Waals surface area (Å²) in [5, 5.41) is 0.618. The van der Waals surface area contributed by atoms with E-state index in [0.29, 0.717) is 16.6 Å². The number of rotatable bonds is 1. The van der Waals surface area contributed by atoms with Crippen LogP contribution in [0, 0.1) is 6.57 Å². The summed E-state index contributed by atoms with van der Waals surface area (Å²) in [5.41, 5.74) is 0.935. The smallest absolute Gasteiger partial charge is 0.342 e. The summed E-state index contributed by atoms with van der Waals surface area (Å²) < 4.78 is 4.60. The van der Waals surface area contributed by atoms with Gasteiger partial charge in [-0.3, -0.25) is 0 Å². The first kappa shape index (κ1) is 12.6. The number of ether oxygens (including phenoxy) is 1. The van der Waals surface area contributed by atoms with Crippen LogP contribution >= 0.6 is 23.2 Å². The van der Waals surface area contributed by atoms with E-state index in [9.17, 15) is 4.79 Å². The van der Waals surface area contributed by atoms with Crippen LogP contribution in [0.2, 0.25) is 10.2 Å². The number of benzene rings is 1. The van der Waals surface area contributed by atoms with Crippen molar-refractivity contribution in [1.29, 1.82) is 0 Å². The van der Waals surface area contributed by atoms with Crippen LogP contribution in [-0.4, -0.2) is 18.1 Å². The van der Waals surface area contributed by atoms with Crippen molar-refractivity contribution in [2.45, 2.75) is 0 Å². The molecular formula is C12H6Cl2N2O2. The van der Waals surface area contributed by atoms with Gasteiger partial charge in [-0.05, 0) is 12.1 Å². The van der Waals surface area contributed by atoms with Gasteiger partial charge in [0.15, 0.2) is 5.69 Å². The highest BCUT2D eigenvalue weighted by Crippen LogP contribution is 2.33. The standard InChI is InChI=1S/C12H6Cl2N2O2/c1-15-6-3-4-8-7(5-6)10(13)9(11(14)16-8)12(17)18-2/h3-5H,2H3. The third kappa shape index (κ3) is 1.99. The Morgan fingerprint density at radius 3 is 2.78 bits per heavy atom. The Labute approximate surface area is 113 Å². The minimum absolute atomic E-state index is 0.00969. The number of esters is 1. The zero-order chi connectivity index (χ0) is 13.3. The van der Waals surface area contributed by atoms with Gasteiger partial charge >= 0.3 is 5.97 Å². The maximum atomic E-state index is 11.6. The van der Waals surface area contributed by atoms with Crippen molar-refractivity contribution in [2.75, 3.05) is 7.11 Å². The van der Waals surface area contributed by atoms with Crippen molar-refractivity contribution in [2.24, 2.45) is 0 Å². The first-order chi connectivity index (χ1) is 8.58. The molecule has 0 aliphatic rings. The lowest BCUT2D eigenvalue weighted by Gasteiger charge is -2.08. The molecule has 90 valence electrons. The summed E-state index contributed by atoms with van der Waals surface area (Å²) in [5.74, 6) is -0.660. The Morgan fingerprint density at radius 1 is 1.44 bits per heavy atom. The Hall–Kier alpha value is -1.83. The molecule has 0 saturated heterocycles. The lowest BCUT2D eigenvalue weighted by Crippen LogP contribution is -2.05. The maximum Gasteiger partial charge on any atom is 0.342 e. The molecule has 18 heavy (non-hydrogen) atoms. The molecule has 0 aliphatic heterocycles. The molecule has 1 heterocycles. The second kappa shape index (κ2) is 4.81. The summed E-state index contributed by atoms with van der Waals surface area (Å²) in [6.45, 7) is 6.95. The number of halogens is 2. The number of hydrogen-bond acceptors (Lipinski definition) is 3. The van der Waals surface area contributed by atoms with Gasteiger partial charge in [0, 0.05) is 5.39 Å². The molecule has 0 N–H and O–H groups in total. The Morgan fingerprint density at radius 2 is 2.17 bits per heavy atom. The van der Waals surface area contributed by atoms with E-state index in [-0.39, 0.29) is 15.7 Å². The molecular weight excluding hydrogens is 275 g/mol. The summed E-state index contributed by atoms with van der Waals surface area (Å²) in [7, 11) is 1.23. The van der Waals surface area contributed by atoms with Crippen molar-refractivity contribution >= 4 is 45.8 Å². The van der Waals surface area contributed by atoms with Crippen molar-refractivity contribution in [3.05, 3.63) is 45.4 Å². The topological polar surface area (TPSA) is 43.5 Å². The second-order valence-corrected chi connectivity index (χ2v) is 4.13. The van der Waals surface area contributed by atoms with Gasteiger partial charge in [0.05, 0.1) is 24.2 Å². The molecule has 2 rings (SSSR count). The number of carbonyl (C=O) groups is 1. The Balaban J connectivity index is 2.83. The monoisotopic (exact) mass is 280 g/mol. The number of aromatic nitrogens is 1. The zero-order valence-electron chi connectivity index (χ0n) is 9.20. The molecule has 0 bridgehead atoms. The number of pyridine rings is 1. The second-order valence-electron chi connectivity index (χ2n) is 3.40. The summed E-state index contributed by atoms with van der Waals surface area (Å²) >= 11 is 12.0. The quantitative estimate of drug-likeness (QED) is 0.452. The van der Waals surface area contributed by atoms with Gasteiger partial charge in [-0.25, -0.2) is 14.6 Å². The highest BCUT2D eigenvalue weighted by atomic mass is 35.5. The van der Waals surface area contributed by atoms with Crippen LogP contribution in [-0.2, 0) is 4.74 Å². The van der Waals surface area contributed by atoms with E-state index in [1.807, 2.05) is 0 Å². The van der Waals surface area contributed by atoms with Crippen molar-refractivity contribution < 1.29 is 9.53 Å². The van der Waals surface area contributed by atoms with E-state index in [1.54, 1.807) is 18.2 Å². The third-order valence-corrected chi connectivity index (χ3v) is 3.05. The van der Waals surface area contributed by atoms with Crippen molar-refractivity contribution in [1.82, 2.24) is 4.98 Å². The minimum Gasteiger partial charge on any atom is -0.465 e. The molecule has 0 radical (unpaired) electrons. The predicted octanol–water partition coefficient (Wildman–Crippen LogP) is 3.88.